The molecule has 0 N–H and O–H groups in total. The molecular formula is C14H14O5. The summed E-state index contributed by atoms with van der Waals surface area (Å²) in [6.45, 7) is 0. The normalized spacial score (nSPS) is 16.1. The van der Waals surface area contributed by atoms with E-state index in [1.807, 2.05) is 6.07 Å². The largest absolute Gasteiger partial charge is 0.493 e. The maximum Gasteiger partial charge on any atom is 0.340 e. The van der Waals surface area contributed by atoms with Gasteiger partial charge in [0.2, 0.25) is 0 Å². The molecule has 0 aliphatic carbocycles. The molecule has 5 heteroatoms. The number of rotatable bonds is 4. The number of hydrogen-bond acceptors (Lipinski definition) is 5. The van der Waals surface area contributed by atoms with Crippen LogP contribution in [0, 0.1) is 0 Å². The summed E-state index contributed by atoms with van der Waals surface area (Å²) in [6, 6.07) is 5.39. The van der Waals surface area contributed by atoms with E-state index in [0.29, 0.717) is 23.0 Å². The van der Waals surface area contributed by atoms with Crippen LogP contribution in [-0.2, 0) is 14.3 Å². The number of benzene rings is 1. The smallest absolute Gasteiger partial charge is 0.340 e. The van der Waals surface area contributed by atoms with Crippen LogP contribution < -0.4 is 9.47 Å². The predicted molar refractivity (Wildman–Crippen MR) is 68.7 cm³/mol. The lowest BCUT2D eigenvalue weighted by atomic mass is 10.1. The number of carbonyl (C=O) groups excluding carboxylic acids is 1. The average molecular weight is 262 g/mol. The van der Waals surface area contributed by atoms with Gasteiger partial charge in [0.05, 0.1) is 27.4 Å². The fourth-order valence-corrected chi connectivity index (χ4v) is 1.72. The molecule has 0 atom stereocenters. The third-order valence-corrected chi connectivity index (χ3v) is 2.63. The van der Waals surface area contributed by atoms with E-state index >= 15 is 0 Å². The van der Waals surface area contributed by atoms with Crippen molar-refractivity contribution in [2.24, 2.45) is 0 Å². The number of carbonyl (C=O) groups is 1. The van der Waals surface area contributed by atoms with E-state index < -0.39 is 5.97 Å². The minimum atomic E-state index is -0.441. The Morgan fingerprint density at radius 2 is 1.79 bits per heavy atom. The molecule has 2 rings (SSSR count). The average Bonchev–Trinajstić information content (AvgIpc) is 2.78. The lowest BCUT2D eigenvalue weighted by Gasteiger charge is -2.08. The number of esters is 1. The lowest BCUT2D eigenvalue weighted by Crippen LogP contribution is -1.93. The molecule has 100 valence electrons. The number of cyclic esters (lactones) is 1. The van der Waals surface area contributed by atoms with Gasteiger partial charge in [0.1, 0.15) is 0 Å². The Balaban J connectivity index is 2.33. The van der Waals surface area contributed by atoms with Gasteiger partial charge in [-0.2, -0.15) is 0 Å². The first-order valence-electron chi connectivity index (χ1n) is 5.59. The second kappa shape index (κ2) is 5.48. The van der Waals surface area contributed by atoms with Gasteiger partial charge in [-0.15, -0.1) is 0 Å². The van der Waals surface area contributed by atoms with Crippen molar-refractivity contribution in [2.45, 2.75) is 0 Å². The molecule has 0 fully saturated rings. The molecule has 0 saturated heterocycles. The van der Waals surface area contributed by atoms with Crippen LogP contribution in [0.5, 0.6) is 11.5 Å². The van der Waals surface area contributed by atoms with Gasteiger partial charge in [0, 0.05) is 0 Å². The zero-order valence-corrected chi connectivity index (χ0v) is 10.9. The summed E-state index contributed by atoms with van der Waals surface area (Å²) in [5.74, 6) is 1.57. The van der Waals surface area contributed by atoms with Gasteiger partial charge >= 0.3 is 5.97 Å². The van der Waals surface area contributed by atoms with Crippen LogP contribution in [-0.4, -0.2) is 27.3 Å². The molecule has 1 aromatic rings. The van der Waals surface area contributed by atoms with Crippen molar-refractivity contribution in [3.05, 3.63) is 41.4 Å². The van der Waals surface area contributed by atoms with Crippen molar-refractivity contribution < 1.29 is 23.7 Å². The van der Waals surface area contributed by atoms with Gasteiger partial charge in [0.25, 0.3) is 0 Å². The summed E-state index contributed by atoms with van der Waals surface area (Å²) in [4.78, 5) is 11.2. The van der Waals surface area contributed by atoms with Crippen LogP contribution in [0.15, 0.2) is 35.8 Å². The zero-order valence-electron chi connectivity index (χ0n) is 10.9. The Bertz CT molecular complexity index is 557. The third kappa shape index (κ3) is 2.70. The van der Waals surface area contributed by atoms with E-state index in [1.165, 1.54) is 13.2 Å². The molecule has 1 aliphatic rings. The highest BCUT2D eigenvalue weighted by Gasteiger charge is 2.20. The molecule has 0 radical (unpaired) electrons. The second-order valence-corrected chi connectivity index (χ2v) is 3.76. The van der Waals surface area contributed by atoms with Gasteiger partial charge in [-0.25, -0.2) is 4.79 Å². The van der Waals surface area contributed by atoms with Crippen molar-refractivity contribution in [2.75, 3.05) is 21.3 Å². The summed E-state index contributed by atoms with van der Waals surface area (Å²) >= 11 is 0. The summed E-state index contributed by atoms with van der Waals surface area (Å²) in [7, 11) is 4.61. The maximum atomic E-state index is 11.2. The summed E-state index contributed by atoms with van der Waals surface area (Å²) in [5, 5.41) is 0. The number of methoxy groups -OCH3 is 3. The standard InChI is InChI=1S/C14H14O5/c1-16-10-5-4-9(6-11(10)17-2)7-13-12(18-3)8-14(15)19-13/h4-8H,1-3H3/b13-7+. The second-order valence-electron chi connectivity index (χ2n) is 3.76. The van der Waals surface area contributed by atoms with E-state index in [0.717, 1.165) is 5.56 Å². The fraction of sp³-hybridized carbons (Fsp3) is 0.214. The Hall–Kier alpha value is -2.43. The SMILES string of the molecule is COC1=CC(=O)O/C1=C/c1ccc(OC)c(OC)c1. The summed E-state index contributed by atoms with van der Waals surface area (Å²) in [6.07, 6.45) is 2.99. The van der Waals surface area contributed by atoms with Crippen LogP contribution in [0.3, 0.4) is 0 Å². The minimum absolute atomic E-state index is 0.375. The number of hydrogen-bond donors (Lipinski definition) is 0. The third-order valence-electron chi connectivity index (χ3n) is 2.63. The molecule has 0 saturated carbocycles. The first-order valence-corrected chi connectivity index (χ1v) is 5.59. The molecular weight excluding hydrogens is 248 g/mol. The highest BCUT2D eigenvalue weighted by Crippen LogP contribution is 2.30. The van der Waals surface area contributed by atoms with Crippen molar-refractivity contribution in [3.63, 3.8) is 0 Å². The highest BCUT2D eigenvalue weighted by atomic mass is 16.6. The zero-order chi connectivity index (χ0) is 13.8. The van der Waals surface area contributed by atoms with Gasteiger partial charge in [-0.1, -0.05) is 6.07 Å². The molecule has 0 bridgehead atoms. The van der Waals surface area contributed by atoms with Crippen LogP contribution in [0.1, 0.15) is 5.56 Å². The minimum Gasteiger partial charge on any atom is -0.493 e. The molecule has 0 aromatic heterocycles. The van der Waals surface area contributed by atoms with Crippen LogP contribution in [0.4, 0.5) is 0 Å². The maximum absolute atomic E-state index is 11.2. The Morgan fingerprint density at radius 3 is 2.42 bits per heavy atom. The predicted octanol–water partition coefficient (Wildman–Crippen LogP) is 2.13. The topological polar surface area (TPSA) is 54.0 Å². The molecule has 1 aliphatic heterocycles. The van der Waals surface area contributed by atoms with Crippen molar-refractivity contribution >= 4 is 12.0 Å². The van der Waals surface area contributed by atoms with Crippen LogP contribution >= 0.6 is 0 Å². The Labute approximate surface area is 111 Å². The van der Waals surface area contributed by atoms with Crippen LogP contribution in [0.25, 0.3) is 6.08 Å². The molecule has 19 heavy (non-hydrogen) atoms. The Kier molecular flexibility index (Phi) is 3.75. The summed E-state index contributed by atoms with van der Waals surface area (Å²) < 4.78 is 20.5. The van der Waals surface area contributed by atoms with Gasteiger partial charge in [-0.3, -0.25) is 0 Å². The summed E-state index contributed by atoms with van der Waals surface area (Å²) in [5.41, 5.74) is 0.810. The highest BCUT2D eigenvalue weighted by molar-refractivity contribution is 5.89. The molecule has 1 heterocycles. The monoisotopic (exact) mass is 262 g/mol. The molecule has 1 aromatic carbocycles. The van der Waals surface area contributed by atoms with Crippen molar-refractivity contribution in [3.8, 4) is 11.5 Å². The van der Waals surface area contributed by atoms with Gasteiger partial charge < -0.3 is 18.9 Å². The van der Waals surface area contributed by atoms with E-state index in [4.69, 9.17) is 18.9 Å². The van der Waals surface area contributed by atoms with E-state index in [1.54, 1.807) is 32.4 Å². The first-order chi connectivity index (χ1) is 9.17. The molecule has 0 unspecified atom stereocenters. The quantitative estimate of drug-likeness (QED) is 0.778. The van der Waals surface area contributed by atoms with E-state index in [2.05, 4.69) is 0 Å². The lowest BCUT2D eigenvalue weighted by molar-refractivity contribution is -0.132. The molecule has 0 spiro atoms. The van der Waals surface area contributed by atoms with Gasteiger partial charge in [-0.05, 0) is 23.8 Å². The van der Waals surface area contributed by atoms with Gasteiger partial charge in [0.15, 0.2) is 23.0 Å². The Morgan fingerprint density at radius 1 is 1.05 bits per heavy atom. The van der Waals surface area contributed by atoms with E-state index in [-0.39, 0.29) is 0 Å². The molecule has 0 amide bonds. The van der Waals surface area contributed by atoms with Crippen molar-refractivity contribution in [1.29, 1.82) is 0 Å². The number of ether oxygens (including phenoxy) is 4. The fourth-order valence-electron chi connectivity index (χ4n) is 1.72. The van der Waals surface area contributed by atoms with Crippen molar-refractivity contribution in [1.82, 2.24) is 0 Å². The van der Waals surface area contributed by atoms with Crippen LogP contribution in [0.2, 0.25) is 0 Å². The van der Waals surface area contributed by atoms with E-state index in [9.17, 15) is 4.79 Å². The molecule has 5 nitrogen and oxygen atoms in total. The first kappa shape index (κ1) is 13.0.